The summed E-state index contributed by atoms with van der Waals surface area (Å²) in [5.74, 6) is -0.648. The fourth-order valence-corrected chi connectivity index (χ4v) is 4.68. The molecule has 2 aromatic rings. The van der Waals surface area contributed by atoms with Crippen molar-refractivity contribution in [2.75, 3.05) is 11.9 Å². The van der Waals surface area contributed by atoms with Crippen molar-refractivity contribution in [3.05, 3.63) is 54.4 Å². The lowest BCUT2D eigenvalue weighted by molar-refractivity contribution is -0.121. The van der Waals surface area contributed by atoms with Gasteiger partial charge in [-0.2, -0.15) is 4.31 Å². The first kappa shape index (κ1) is 19.8. The Balaban J connectivity index is 1.63. The zero-order chi connectivity index (χ0) is 20.1. The summed E-state index contributed by atoms with van der Waals surface area (Å²) < 4.78 is 26.6. The van der Waals surface area contributed by atoms with Gasteiger partial charge in [0.05, 0.1) is 4.90 Å². The number of nitrogens with two attached hydrogens (primary N) is 1. The van der Waals surface area contributed by atoms with Gasteiger partial charge < -0.3 is 16.4 Å². The van der Waals surface area contributed by atoms with Crippen LogP contribution in [0.5, 0.6) is 0 Å². The number of nitrogens with zero attached hydrogens (tertiary/aromatic N) is 2. The van der Waals surface area contributed by atoms with Crippen LogP contribution in [0, 0.1) is 0 Å². The van der Waals surface area contributed by atoms with Gasteiger partial charge in [-0.25, -0.2) is 13.2 Å². The SMILES string of the molecule is NC(=O)[C@H]1CCCN1S(=O)(=O)c1ccc(NC(=O)NCc2cccnc2)cc1. The van der Waals surface area contributed by atoms with Gasteiger partial charge in [0, 0.05) is 31.2 Å². The molecule has 1 aliphatic heterocycles. The number of nitrogens with one attached hydrogen (secondary N) is 2. The van der Waals surface area contributed by atoms with E-state index in [-0.39, 0.29) is 11.4 Å². The molecule has 1 aliphatic rings. The van der Waals surface area contributed by atoms with Crippen molar-refractivity contribution < 1.29 is 18.0 Å². The summed E-state index contributed by atoms with van der Waals surface area (Å²) >= 11 is 0. The van der Waals surface area contributed by atoms with E-state index in [2.05, 4.69) is 15.6 Å². The van der Waals surface area contributed by atoms with E-state index in [1.807, 2.05) is 6.07 Å². The van der Waals surface area contributed by atoms with Crippen molar-refractivity contribution in [2.24, 2.45) is 5.73 Å². The molecule has 3 amide bonds. The van der Waals surface area contributed by atoms with Crippen LogP contribution in [-0.4, -0.2) is 42.2 Å². The molecule has 1 saturated heterocycles. The molecule has 1 aromatic heterocycles. The molecule has 1 fully saturated rings. The summed E-state index contributed by atoms with van der Waals surface area (Å²) in [6.45, 7) is 0.572. The topological polar surface area (TPSA) is 134 Å². The smallest absolute Gasteiger partial charge is 0.319 e. The van der Waals surface area contributed by atoms with Crippen molar-refractivity contribution in [3.8, 4) is 0 Å². The molecule has 1 atom stereocenters. The summed E-state index contributed by atoms with van der Waals surface area (Å²) in [4.78, 5) is 27.5. The quantitative estimate of drug-likeness (QED) is 0.662. The van der Waals surface area contributed by atoms with Crippen LogP contribution in [0.3, 0.4) is 0 Å². The molecule has 1 aromatic carbocycles. The second-order valence-electron chi connectivity index (χ2n) is 6.37. The first-order valence-corrected chi connectivity index (χ1v) is 10.2. The number of primary amides is 1. The highest BCUT2D eigenvalue weighted by atomic mass is 32.2. The summed E-state index contributed by atoms with van der Waals surface area (Å²) in [6.07, 6.45) is 4.31. The number of urea groups is 1. The van der Waals surface area contributed by atoms with Crippen LogP contribution in [0.15, 0.2) is 53.7 Å². The first-order chi connectivity index (χ1) is 13.4. The van der Waals surface area contributed by atoms with Crippen molar-refractivity contribution in [2.45, 2.75) is 30.3 Å². The van der Waals surface area contributed by atoms with Crippen LogP contribution in [0.25, 0.3) is 0 Å². The Kier molecular flexibility index (Phi) is 5.90. The largest absolute Gasteiger partial charge is 0.368 e. The van der Waals surface area contributed by atoms with E-state index < -0.39 is 28.0 Å². The molecule has 28 heavy (non-hydrogen) atoms. The van der Waals surface area contributed by atoms with Crippen molar-refractivity contribution in [3.63, 3.8) is 0 Å². The lowest BCUT2D eigenvalue weighted by Gasteiger charge is -2.21. The standard InChI is InChI=1S/C18H21N5O4S/c19-17(24)16-4-2-10-23(16)28(26,27)15-7-5-14(6-8-15)22-18(25)21-12-13-3-1-9-20-11-13/h1,3,5-9,11,16H,2,4,10,12H2,(H2,19,24)(H2,21,22,25)/t16-/m1/s1. The summed E-state index contributed by atoms with van der Waals surface area (Å²) in [5, 5.41) is 5.32. The lowest BCUT2D eigenvalue weighted by atomic mass is 10.2. The number of carbonyl (C=O) groups is 2. The van der Waals surface area contributed by atoms with Crippen LogP contribution >= 0.6 is 0 Å². The average molecular weight is 403 g/mol. The summed E-state index contributed by atoms with van der Waals surface area (Å²) in [7, 11) is -3.83. The number of rotatable bonds is 6. The molecule has 2 heterocycles. The summed E-state index contributed by atoms with van der Waals surface area (Å²) in [6, 6.07) is 8.14. The molecule has 0 unspecified atom stereocenters. The Morgan fingerprint density at radius 3 is 2.61 bits per heavy atom. The van der Waals surface area contributed by atoms with E-state index in [0.717, 1.165) is 9.87 Å². The predicted octanol–water partition coefficient (Wildman–Crippen LogP) is 1.04. The Labute approximate surface area is 163 Å². The van der Waals surface area contributed by atoms with Gasteiger partial charge in [-0.1, -0.05) is 6.07 Å². The van der Waals surface area contributed by atoms with E-state index in [9.17, 15) is 18.0 Å². The van der Waals surface area contributed by atoms with E-state index in [0.29, 0.717) is 25.1 Å². The van der Waals surface area contributed by atoms with Gasteiger partial charge in [0.2, 0.25) is 15.9 Å². The first-order valence-electron chi connectivity index (χ1n) is 8.73. The normalized spacial score (nSPS) is 17.2. The molecule has 0 radical (unpaired) electrons. The van der Waals surface area contributed by atoms with Crippen LogP contribution < -0.4 is 16.4 Å². The van der Waals surface area contributed by atoms with E-state index in [1.54, 1.807) is 18.5 Å². The Morgan fingerprint density at radius 1 is 1.21 bits per heavy atom. The van der Waals surface area contributed by atoms with Crippen LogP contribution in [0.1, 0.15) is 18.4 Å². The monoisotopic (exact) mass is 403 g/mol. The maximum Gasteiger partial charge on any atom is 0.319 e. The van der Waals surface area contributed by atoms with E-state index in [1.165, 1.54) is 24.3 Å². The third kappa shape index (κ3) is 4.46. The zero-order valence-corrected chi connectivity index (χ0v) is 15.9. The Morgan fingerprint density at radius 2 is 1.96 bits per heavy atom. The zero-order valence-electron chi connectivity index (χ0n) is 15.0. The molecule has 4 N–H and O–H groups in total. The van der Waals surface area contributed by atoms with Gasteiger partial charge in [0.25, 0.3) is 0 Å². The number of hydrogen-bond acceptors (Lipinski definition) is 5. The number of carbonyl (C=O) groups excluding carboxylic acids is 2. The minimum absolute atomic E-state index is 0.0435. The van der Waals surface area contributed by atoms with Gasteiger partial charge in [0.1, 0.15) is 6.04 Å². The molecular formula is C18H21N5O4S. The highest BCUT2D eigenvalue weighted by Gasteiger charge is 2.38. The molecule has 0 aliphatic carbocycles. The molecule has 9 nitrogen and oxygen atoms in total. The van der Waals surface area contributed by atoms with Crippen molar-refractivity contribution in [1.29, 1.82) is 0 Å². The van der Waals surface area contributed by atoms with Gasteiger partial charge in [-0.15, -0.1) is 0 Å². The molecular weight excluding hydrogens is 382 g/mol. The molecule has 0 saturated carbocycles. The van der Waals surface area contributed by atoms with Crippen molar-refractivity contribution >= 4 is 27.6 Å². The van der Waals surface area contributed by atoms with Crippen LogP contribution in [-0.2, 0) is 21.4 Å². The van der Waals surface area contributed by atoms with Gasteiger partial charge in [-0.05, 0) is 48.7 Å². The second-order valence-corrected chi connectivity index (χ2v) is 8.26. The highest BCUT2D eigenvalue weighted by molar-refractivity contribution is 7.89. The van der Waals surface area contributed by atoms with Gasteiger partial charge >= 0.3 is 6.03 Å². The minimum atomic E-state index is -3.83. The van der Waals surface area contributed by atoms with E-state index >= 15 is 0 Å². The van der Waals surface area contributed by atoms with Crippen LogP contribution in [0.4, 0.5) is 10.5 Å². The second kappa shape index (κ2) is 8.36. The molecule has 10 heteroatoms. The minimum Gasteiger partial charge on any atom is -0.368 e. The maximum absolute atomic E-state index is 12.8. The maximum atomic E-state index is 12.8. The number of anilines is 1. The number of pyridine rings is 1. The van der Waals surface area contributed by atoms with Gasteiger partial charge in [-0.3, -0.25) is 9.78 Å². The number of aromatic nitrogens is 1. The Bertz CT molecular complexity index is 948. The number of hydrogen-bond donors (Lipinski definition) is 3. The fourth-order valence-electron chi connectivity index (χ4n) is 3.02. The number of amides is 3. The molecule has 0 spiro atoms. The number of sulfonamides is 1. The van der Waals surface area contributed by atoms with E-state index in [4.69, 9.17) is 5.73 Å². The van der Waals surface area contributed by atoms with Crippen molar-refractivity contribution in [1.82, 2.24) is 14.6 Å². The number of benzene rings is 1. The average Bonchev–Trinajstić information content (AvgIpc) is 3.19. The molecule has 3 rings (SSSR count). The lowest BCUT2D eigenvalue weighted by Crippen LogP contribution is -2.43. The van der Waals surface area contributed by atoms with Gasteiger partial charge in [0.15, 0.2) is 0 Å². The third-order valence-corrected chi connectivity index (χ3v) is 6.35. The third-order valence-electron chi connectivity index (χ3n) is 4.43. The highest BCUT2D eigenvalue weighted by Crippen LogP contribution is 2.26. The predicted molar refractivity (Wildman–Crippen MR) is 103 cm³/mol. The molecule has 0 bridgehead atoms. The fraction of sp³-hybridized carbons (Fsp3) is 0.278. The Hall–Kier alpha value is -2.98. The van der Waals surface area contributed by atoms with Crippen LogP contribution in [0.2, 0.25) is 0 Å². The molecule has 148 valence electrons. The summed E-state index contributed by atoms with van der Waals surface area (Å²) in [5.41, 5.74) is 6.60.